The minimum atomic E-state index is -1.01. The molecule has 21 heavy (non-hydrogen) atoms. The van der Waals surface area contributed by atoms with Crippen LogP contribution in [0.3, 0.4) is 0 Å². The quantitative estimate of drug-likeness (QED) is 0.922. The number of rotatable bonds is 4. The van der Waals surface area contributed by atoms with Crippen molar-refractivity contribution in [3.63, 3.8) is 0 Å². The van der Waals surface area contributed by atoms with E-state index in [9.17, 15) is 9.00 Å². The molecule has 0 aromatic heterocycles. The van der Waals surface area contributed by atoms with Crippen LogP contribution in [0.4, 0.5) is 0 Å². The van der Waals surface area contributed by atoms with Gasteiger partial charge in [-0.3, -0.25) is 9.00 Å². The molecule has 3 nitrogen and oxygen atoms in total. The van der Waals surface area contributed by atoms with Gasteiger partial charge in [-0.05, 0) is 29.8 Å². The predicted molar refractivity (Wildman–Crippen MR) is 86.4 cm³/mol. The summed E-state index contributed by atoms with van der Waals surface area (Å²) in [5, 5.41) is 3.39. The van der Waals surface area contributed by atoms with Crippen LogP contribution in [0.25, 0.3) is 0 Å². The number of benzene rings is 2. The fourth-order valence-electron chi connectivity index (χ4n) is 1.78. The van der Waals surface area contributed by atoms with Crippen molar-refractivity contribution < 1.29 is 9.00 Å². The maximum atomic E-state index is 12.1. The second-order valence-electron chi connectivity index (χ2n) is 4.38. The highest BCUT2D eigenvalue weighted by atomic mass is 35.5. The lowest BCUT2D eigenvalue weighted by Crippen LogP contribution is -2.23. The Kier molecular flexibility index (Phi) is 5.39. The van der Waals surface area contributed by atoms with Gasteiger partial charge in [-0.2, -0.15) is 0 Å². The van der Waals surface area contributed by atoms with E-state index < -0.39 is 10.8 Å². The van der Waals surface area contributed by atoms with E-state index in [4.69, 9.17) is 23.2 Å². The second-order valence-corrected chi connectivity index (χ2v) is 6.57. The molecule has 2 rings (SSSR count). The van der Waals surface area contributed by atoms with Crippen molar-refractivity contribution in [2.75, 3.05) is 6.26 Å². The molecule has 2 aromatic carbocycles. The molecule has 1 unspecified atom stereocenters. The van der Waals surface area contributed by atoms with Crippen LogP contribution in [0.15, 0.2) is 47.4 Å². The minimum Gasteiger partial charge on any atom is -0.348 e. The van der Waals surface area contributed by atoms with Crippen LogP contribution < -0.4 is 5.32 Å². The number of hydrogen-bond donors (Lipinski definition) is 1. The highest BCUT2D eigenvalue weighted by Crippen LogP contribution is 2.24. The Balaban J connectivity index is 2.06. The van der Waals surface area contributed by atoms with Gasteiger partial charge in [-0.15, -0.1) is 0 Å². The molecule has 1 amide bonds. The van der Waals surface area contributed by atoms with Gasteiger partial charge in [0.1, 0.15) is 0 Å². The average molecular weight is 342 g/mol. The lowest BCUT2D eigenvalue weighted by atomic mass is 10.2. The van der Waals surface area contributed by atoms with E-state index in [1.165, 1.54) is 0 Å². The summed E-state index contributed by atoms with van der Waals surface area (Å²) in [6.45, 7) is 0.344. The predicted octanol–water partition coefficient (Wildman–Crippen LogP) is 3.66. The zero-order chi connectivity index (χ0) is 15.4. The van der Waals surface area contributed by atoms with Crippen LogP contribution in [-0.4, -0.2) is 16.4 Å². The average Bonchev–Trinajstić information content (AvgIpc) is 2.45. The van der Waals surface area contributed by atoms with Crippen molar-refractivity contribution >= 4 is 39.9 Å². The van der Waals surface area contributed by atoms with Gasteiger partial charge in [0.05, 0.1) is 15.6 Å². The number of amides is 1. The van der Waals surface area contributed by atoms with Gasteiger partial charge in [0, 0.05) is 28.5 Å². The van der Waals surface area contributed by atoms with Crippen molar-refractivity contribution in [3.8, 4) is 0 Å². The third kappa shape index (κ3) is 4.06. The normalized spacial score (nSPS) is 12.0. The molecule has 0 saturated carbocycles. The minimum absolute atomic E-state index is 0.270. The van der Waals surface area contributed by atoms with E-state index in [0.717, 1.165) is 10.5 Å². The lowest BCUT2D eigenvalue weighted by Gasteiger charge is -2.08. The van der Waals surface area contributed by atoms with Gasteiger partial charge in [-0.25, -0.2) is 0 Å². The van der Waals surface area contributed by atoms with Crippen molar-refractivity contribution in [2.45, 2.75) is 11.4 Å². The maximum Gasteiger partial charge on any atom is 0.254 e. The van der Waals surface area contributed by atoms with E-state index in [1.807, 2.05) is 12.1 Å². The van der Waals surface area contributed by atoms with Crippen LogP contribution >= 0.6 is 23.2 Å². The molecule has 6 heteroatoms. The van der Waals surface area contributed by atoms with Crippen LogP contribution in [0.2, 0.25) is 10.0 Å². The molecule has 0 radical (unpaired) electrons. The third-order valence-corrected chi connectivity index (χ3v) is 4.46. The van der Waals surface area contributed by atoms with Gasteiger partial charge in [0.2, 0.25) is 0 Å². The standard InChI is InChI=1S/C15H13Cl2NO2S/c1-21(20)11-7-5-10(6-8-11)9-18-15(19)14-12(16)3-2-4-13(14)17/h2-8H,9H2,1H3,(H,18,19). The second kappa shape index (κ2) is 7.07. The fourth-order valence-corrected chi connectivity index (χ4v) is 2.87. The molecule has 0 bridgehead atoms. The van der Waals surface area contributed by atoms with Gasteiger partial charge in [0.15, 0.2) is 0 Å². The Hall–Kier alpha value is -1.36. The molecular weight excluding hydrogens is 329 g/mol. The van der Waals surface area contributed by atoms with Crippen molar-refractivity contribution in [2.24, 2.45) is 0 Å². The molecule has 0 aliphatic heterocycles. The molecule has 2 aromatic rings. The number of carbonyl (C=O) groups excluding carboxylic acids is 1. The Bertz CT molecular complexity index is 666. The van der Waals surface area contributed by atoms with E-state index in [2.05, 4.69) is 5.32 Å². The van der Waals surface area contributed by atoms with E-state index >= 15 is 0 Å². The van der Waals surface area contributed by atoms with E-state index in [0.29, 0.717) is 16.6 Å². The number of carbonyl (C=O) groups is 1. The molecule has 0 aliphatic rings. The molecule has 0 heterocycles. The molecule has 1 atom stereocenters. The summed E-state index contributed by atoms with van der Waals surface area (Å²) < 4.78 is 11.3. The number of nitrogens with one attached hydrogen (secondary N) is 1. The third-order valence-electron chi connectivity index (χ3n) is 2.90. The molecule has 110 valence electrons. The van der Waals surface area contributed by atoms with E-state index in [-0.39, 0.29) is 11.5 Å². The summed E-state index contributed by atoms with van der Waals surface area (Å²) in [5.41, 5.74) is 1.17. The molecule has 0 aliphatic carbocycles. The first-order valence-electron chi connectivity index (χ1n) is 6.13. The largest absolute Gasteiger partial charge is 0.348 e. The SMILES string of the molecule is CS(=O)c1ccc(CNC(=O)c2c(Cl)cccc2Cl)cc1. The zero-order valence-electron chi connectivity index (χ0n) is 11.2. The van der Waals surface area contributed by atoms with Crippen molar-refractivity contribution in [1.82, 2.24) is 5.32 Å². The molecule has 1 N–H and O–H groups in total. The molecule has 0 fully saturated rings. The highest BCUT2D eigenvalue weighted by molar-refractivity contribution is 7.84. The summed E-state index contributed by atoms with van der Waals surface area (Å²) in [4.78, 5) is 12.9. The number of halogens is 2. The number of hydrogen-bond acceptors (Lipinski definition) is 2. The Morgan fingerprint density at radius 2 is 1.67 bits per heavy atom. The van der Waals surface area contributed by atoms with Gasteiger partial charge >= 0.3 is 0 Å². The smallest absolute Gasteiger partial charge is 0.254 e. The van der Waals surface area contributed by atoms with Gasteiger partial charge < -0.3 is 5.32 Å². The molecule has 0 saturated heterocycles. The van der Waals surface area contributed by atoms with Gasteiger partial charge in [0.25, 0.3) is 5.91 Å². The highest BCUT2D eigenvalue weighted by Gasteiger charge is 2.13. The van der Waals surface area contributed by atoms with Crippen molar-refractivity contribution in [1.29, 1.82) is 0 Å². The first-order chi connectivity index (χ1) is 9.99. The first-order valence-corrected chi connectivity index (χ1v) is 8.45. The Morgan fingerprint density at radius 3 is 2.19 bits per heavy atom. The topological polar surface area (TPSA) is 46.2 Å². The summed E-state index contributed by atoms with van der Waals surface area (Å²) in [5.74, 6) is -0.325. The first kappa shape index (κ1) is 16.0. The van der Waals surface area contributed by atoms with E-state index in [1.54, 1.807) is 36.6 Å². The monoisotopic (exact) mass is 341 g/mol. The van der Waals surface area contributed by atoms with Crippen LogP contribution in [0.5, 0.6) is 0 Å². The van der Waals surface area contributed by atoms with Crippen LogP contribution in [0, 0.1) is 0 Å². The summed E-state index contributed by atoms with van der Waals surface area (Å²) in [6, 6.07) is 12.1. The van der Waals surface area contributed by atoms with Crippen LogP contribution in [0.1, 0.15) is 15.9 Å². The summed E-state index contributed by atoms with van der Waals surface area (Å²) in [6.07, 6.45) is 1.62. The van der Waals surface area contributed by atoms with Gasteiger partial charge in [-0.1, -0.05) is 41.4 Å². The van der Waals surface area contributed by atoms with Crippen molar-refractivity contribution in [3.05, 3.63) is 63.6 Å². The lowest BCUT2D eigenvalue weighted by molar-refractivity contribution is 0.0951. The fraction of sp³-hybridized carbons (Fsp3) is 0.133. The Morgan fingerprint density at radius 1 is 1.10 bits per heavy atom. The molecule has 0 spiro atoms. The summed E-state index contributed by atoms with van der Waals surface area (Å²) >= 11 is 12.0. The van der Waals surface area contributed by atoms with Crippen LogP contribution in [-0.2, 0) is 17.3 Å². The Labute approximate surface area is 135 Å². The molecular formula is C15H13Cl2NO2S. The maximum absolute atomic E-state index is 12.1. The summed E-state index contributed by atoms with van der Waals surface area (Å²) in [7, 11) is -1.01. The zero-order valence-corrected chi connectivity index (χ0v) is 13.6.